The van der Waals surface area contributed by atoms with Gasteiger partial charge in [0.1, 0.15) is 11.4 Å². The van der Waals surface area contributed by atoms with E-state index < -0.39 is 17.7 Å². The van der Waals surface area contributed by atoms with E-state index in [0.29, 0.717) is 0 Å². The summed E-state index contributed by atoms with van der Waals surface area (Å²) in [5.41, 5.74) is 0.0737. The molecule has 1 amide bonds. The molecule has 1 aromatic carbocycles. The van der Waals surface area contributed by atoms with Crippen molar-refractivity contribution in [3.8, 4) is 0 Å². The number of amides is 1. The molecule has 2 aromatic rings. The first-order chi connectivity index (χ1) is 11.5. The summed E-state index contributed by atoms with van der Waals surface area (Å²) in [6.45, 7) is 1.72. The highest BCUT2D eigenvalue weighted by atomic mass is 19.1. The third kappa shape index (κ3) is 3.29. The number of Topliss-reactive ketones (excluding diaryl/α,β-unsaturated/α-hetero) is 1. The van der Waals surface area contributed by atoms with Crippen molar-refractivity contribution in [3.05, 3.63) is 35.3 Å². The number of esters is 1. The van der Waals surface area contributed by atoms with E-state index in [2.05, 4.69) is 5.32 Å². The Labute approximate surface area is 136 Å². The Bertz CT molecular complexity index is 822. The number of hydrogen-bond donors (Lipinski definition) is 1. The van der Waals surface area contributed by atoms with Crippen LogP contribution in [0.3, 0.4) is 0 Å². The zero-order valence-electron chi connectivity index (χ0n) is 13.1. The van der Waals surface area contributed by atoms with Gasteiger partial charge < -0.3 is 14.5 Å². The first kappa shape index (κ1) is 16.2. The van der Waals surface area contributed by atoms with Gasteiger partial charge in [0, 0.05) is 23.4 Å². The Kier molecular flexibility index (Phi) is 4.33. The zero-order chi connectivity index (χ0) is 17.3. The minimum Gasteiger partial charge on any atom is -0.460 e. The Morgan fingerprint density at radius 3 is 2.71 bits per heavy atom. The number of benzene rings is 1. The maximum Gasteiger partial charge on any atom is 0.374 e. The SMILES string of the molecule is CCOC(=O)c1cc2c(C(=O)NCC(=O)C3CC3)cc(F)cc2o1. The molecule has 1 heterocycles. The van der Waals surface area contributed by atoms with Crippen LogP contribution < -0.4 is 5.32 Å². The molecule has 0 radical (unpaired) electrons. The second-order valence-corrected chi connectivity index (χ2v) is 5.62. The zero-order valence-corrected chi connectivity index (χ0v) is 13.1. The molecule has 0 aliphatic heterocycles. The molecule has 0 saturated heterocycles. The quantitative estimate of drug-likeness (QED) is 0.821. The molecule has 1 fully saturated rings. The van der Waals surface area contributed by atoms with Crippen LogP contribution >= 0.6 is 0 Å². The number of furan rings is 1. The summed E-state index contributed by atoms with van der Waals surface area (Å²) < 4.78 is 23.8. The summed E-state index contributed by atoms with van der Waals surface area (Å²) in [7, 11) is 0. The lowest BCUT2D eigenvalue weighted by Gasteiger charge is -2.05. The number of ether oxygens (including phenoxy) is 1. The first-order valence-electron chi connectivity index (χ1n) is 7.70. The Morgan fingerprint density at radius 1 is 1.29 bits per heavy atom. The summed E-state index contributed by atoms with van der Waals surface area (Å²) in [5, 5.41) is 2.78. The van der Waals surface area contributed by atoms with Crippen molar-refractivity contribution in [2.75, 3.05) is 13.2 Å². The Morgan fingerprint density at radius 2 is 2.04 bits per heavy atom. The summed E-state index contributed by atoms with van der Waals surface area (Å²) >= 11 is 0. The smallest absolute Gasteiger partial charge is 0.374 e. The molecular formula is C17H16FNO5. The topological polar surface area (TPSA) is 85.6 Å². The predicted molar refractivity (Wildman–Crippen MR) is 82.2 cm³/mol. The van der Waals surface area contributed by atoms with Gasteiger partial charge in [-0.1, -0.05) is 0 Å². The minimum atomic E-state index is -0.690. The Balaban J connectivity index is 1.86. The van der Waals surface area contributed by atoms with E-state index in [4.69, 9.17) is 9.15 Å². The Hall–Kier alpha value is -2.70. The lowest BCUT2D eigenvalue weighted by molar-refractivity contribution is -0.119. The van der Waals surface area contributed by atoms with Crippen LogP contribution in [-0.2, 0) is 9.53 Å². The number of carbonyl (C=O) groups is 3. The summed E-state index contributed by atoms with van der Waals surface area (Å²) in [5.74, 6) is -2.07. The van der Waals surface area contributed by atoms with Gasteiger partial charge in [0.25, 0.3) is 5.91 Å². The fraction of sp³-hybridized carbons (Fsp3) is 0.353. The third-order valence-electron chi connectivity index (χ3n) is 3.78. The normalized spacial score (nSPS) is 13.8. The van der Waals surface area contributed by atoms with Gasteiger partial charge >= 0.3 is 5.97 Å². The van der Waals surface area contributed by atoms with Crippen LogP contribution in [0.25, 0.3) is 11.0 Å². The largest absolute Gasteiger partial charge is 0.460 e. The molecule has 1 aliphatic carbocycles. The van der Waals surface area contributed by atoms with Gasteiger partial charge in [-0.15, -0.1) is 0 Å². The van der Waals surface area contributed by atoms with Crippen LogP contribution in [0.2, 0.25) is 0 Å². The van der Waals surface area contributed by atoms with Crippen molar-refractivity contribution in [1.82, 2.24) is 5.32 Å². The minimum absolute atomic E-state index is 0.00731. The van der Waals surface area contributed by atoms with Crippen molar-refractivity contribution in [1.29, 1.82) is 0 Å². The van der Waals surface area contributed by atoms with Crippen molar-refractivity contribution in [2.24, 2.45) is 5.92 Å². The van der Waals surface area contributed by atoms with Crippen molar-refractivity contribution >= 4 is 28.6 Å². The maximum atomic E-state index is 13.7. The summed E-state index contributed by atoms with van der Waals surface area (Å²) in [6, 6.07) is 3.47. The highest BCUT2D eigenvalue weighted by Crippen LogP contribution is 2.29. The van der Waals surface area contributed by atoms with Crippen LogP contribution in [0.15, 0.2) is 22.6 Å². The average Bonchev–Trinajstić information content (AvgIpc) is 3.31. The van der Waals surface area contributed by atoms with E-state index in [9.17, 15) is 18.8 Å². The van der Waals surface area contributed by atoms with Crippen molar-refractivity contribution < 1.29 is 27.9 Å². The van der Waals surface area contributed by atoms with Crippen LogP contribution in [-0.4, -0.2) is 30.8 Å². The average molecular weight is 333 g/mol. The van der Waals surface area contributed by atoms with Gasteiger partial charge in [0.15, 0.2) is 5.78 Å². The fourth-order valence-corrected chi connectivity index (χ4v) is 2.41. The molecule has 6 nitrogen and oxygen atoms in total. The van der Waals surface area contributed by atoms with Gasteiger partial charge in [0.05, 0.1) is 18.7 Å². The second-order valence-electron chi connectivity index (χ2n) is 5.62. The van der Waals surface area contributed by atoms with Crippen LogP contribution in [0.1, 0.15) is 40.7 Å². The molecule has 0 spiro atoms. The number of carbonyl (C=O) groups excluding carboxylic acids is 3. The van der Waals surface area contributed by atoms with Gasteiger partial charge in [-0.3, -0.25) is 9.59 Å². The molecule has 7 heteroatoms. The highest BCUT2D eigenvalue weighted by molar-refractivity contribution is 6.08. The molecular weight excluding hydrogens is 317 g/mol. The molecule has 24 heavy (non-hydrogen) atoms. The number of fused-ring (bicyclic) bond motifs is 1. The molecule has 1 N–H and O–H groups in total. The molecule has 0 atom stereocenters. The lowest BCUT2D eigenvalue weighted by atomic mass is 10.1. The fourth-order valence-electron chi connectivity index (χ4n) is 2.41. The maximum absolute atomic E-state index is 13.7. The third-order valence-corrected chi connectivity index (χ3v) is 3.78. The highest BCUT2D eigenvalue weighted by Gasteiger charge is 2.29. The second kappa shape index (κ2) is 6.43. The summed E-state index contributed by atoms with van der Waals surface area (Å²) in [6.07, 6.45) is 1.70. The molecule has 126 valence electrons. The number of rotatable bonds is 6. The molecule has 3 rings (SSSR count). The number of ketones is 1. The van der Waals surface area contributed by atoms with Crippen LogP contribution in [0.5, 0.6) is 0 Å². The van der Waals surface area contributed by atoms with E-state index in [1.165, 1.54) is 6.07 Å². The van der Waals surface area contributed by atoms with Gasteiger partial charge in [0.2, 0.25) is 5.76 Å². The number of nitrogens with one attached hydrogen (secondary N) is 1. The van der Waals surface area contributed by atoms with Crippen molar-refractivity contribution in [3.63, 3.8) is 0 Å². The lowest BCUT2D eigenvalue weighted by Crippen LogP contribution is -2.30. The van der Waals surface area contributed by atoms with Gasteiger partial charge in [-0.25, -0.2) is 9.18 Å². The van der Waals surface area contributed by atoms with E-state index in [1.807, 2.05) is 0 Å². The monoisotopic (exact) mass is 333 g/mol. The van der Waals surface area contributed by atoms with Crippen LogP contribution in [0.4, 0.5) is 4.39 Å². The van der Waals surface area contributed by atoms with E-state index in [1.54, 1.807) is 6.92 Å². The first-order valence-corrected chi connectivity index (χ1v) is 7.70. The van der Waals surface area contributed by atoms with E-state index in [-0.39, 0.29) is 47.1 Å². The molecule has 0 unspecified atom stereocenters. The standard InChI is InChI=1S/C17H16FNO5/c1-2-23-17(22)15-7-11-12(5-10(18)6-14(11)24-15)16(21)19-8-13(20)9-3-4-9/h5-7,9H,2-4,8H2,1H3,(H,19,21). The van der Waals surface area contributed by atoms with E-state index >= 15 is 0 Å². The molecule has 0 bridgehead atoms. The molecule has 1 aliphatic rings. The molecule has 1 saturated carbocycles. The molecule has 1 aromatic heterocycles. The van der Waals surface area contributed by atoms with Crippen molar-refractivity contribution in [2.45, 2.75) is 19.8 Å². The number of hydrogen-bond acceptors (Lipinski definition) is 5. The van der Waals surface area contributed by atoms with Gasteiger partial charge in [-0.2, -0.15) is 0 Å². The van der Waals surface area contributed by atoms with Crippen LogP contribution in [0, 0.1) is 11.7 Å². The van der Waals surface area contributed by atoms with Gasteiger partial charge in [-0.05, 0) is 25.8 Å². The predicted octanol–water partition coefficient (Wildman–Crippen LogP) is 2.46. The van der Waals surface area contributed by atoms with E-state index in [0.717, 1.165) is 25.0 Å². The summed E-state index contributed by atoms with van der Waals surface area (Å²) in [4.78, 5) is 35.7. The number of halogens is 1.